The maximum Gasteiger partial charge on any atom is 0.244 e. The van der Waals surface area contributed by atoms with Crippen molar-refractivity contribution in [2.24, 2.45) is 0 Å². The lowest BCUT2D eigenvalue weighted by atomic mass is 10.0. The molecule has 0 unspecified atom stereocenters. The van der Waals surface area contributed by atoms with Gasteiger partial charge in [-0.05, 0) is 26.2 Å². The quantitative estimate of drug-likeness (QED) is 0.778. The Labute approximate surface area is 114 Å². The summed E-state index contributed by atoms with van der Waals surface area (Å²) in [6, 6.07) is 1.99. The Balaban J connectivity index is 2.37. The van der Waals surface area contributed by atoms with E-state index in [4.69, 9.17) is 5.26 Å². The van der Waals surface area contributed by atoms with Crippen molar-refractivity contribution in [1.29, 1.82) is 5.26 Å². The smallest absolute Gasteiger partial charge is 0.244 e. The molecular formula is C14H21N3O2. The van der Waals surface area contributed by atoms with Crippen LogP contribution >= 0.6 is 0 Å². The van der Waals surface area contributed by atoms with Gasteiger partial charge in [-0.1, -0.05) is 12.5 Å². The molecule has 0 aromatic carbocycles. The summed E-state index contributed by atoms with van der Waals surface area (Å²) in [4.78, 5) is 24.9. The van der Waals surface area contributed by atoms with Crippen LogP contribution in [0.1, 0.15) is 39.5 Å². The van der Waals surface area contributed by atoms with Crippen molar-refractivity contribution < 1.29 is 9.59 Å². The minimum absolute atomic E-state index is 0.0545. The highest BCUT2D eigenvalue weighted by Crippen LogP contribution is 2.11. The number of nitriles is 1. The van der Waals surface area contributed by atoms with E-state index in [1.165, 1.54) is 0 Å². The van der Waals surface area contributed by atoms with Crippen molar-refractivity contribution in [3.63, 3.8) is 0 Å². The molecule has 0 atom stereocenters. The fraction of sp³-hybridized carbons (Fsp3) is 0.643. The van der Waals surface area contributed by atoms with Gasteiger partial charge in [-0.25, -0.2) is 0 Å². The Bertz CT molecular complexity index is 401. The van der Waals surface area contributed by atoms with Crippen LogP contribution < -0.4 is 5.32 Å². The second-order valence-electron chi connectivity index (χ2n) is 4.84. The van der Waals surface area contributed by atoms with E-state index in [0.29, 0.717) is 13.1 Å². The number of nitrogens with one attached hydrogen (secondary N) is 1. The van der Waals surface area contributed by atoms with Crippen molar-refractivity contribution in [3.05, 3.63) is 11.6 Å². The first-order valence-electron chi connectivity index (χ1n) is 6.69. The van der Waals surface area contributed by atoms with Crippen LogP contribution in [0.2, 0.25) is 0 Å². The number of likely N-dealkylation sites (tertiary alicyclic amines) is 1. The second-order valence-corrected chi connectivity index (χ2v) is 4.84. The first-order chi connectivity index (χ1) is 9.06. The molecule has 0 saturated carbocycles. The Morgan fingerprint density at radius 2 is 2.05 bits per heavy atom. The number of hydrogen-bond acceptors (Lipinski definition) is 3. The number of hydrogen-bond donors (Lipinski definition) is 1. The molecule has 0 spiro atoms. The van der Waals surface area contributed by atoms with E-state index in [1.807, 2.05) is 19.9 Å². The van der Waals surface area contributed by atoms with Gasteiger partial charge in [0.25, 0.3) is 0 Å². The third kappa shape index (κ3) is 5.12. The zero-order valence-electron chi connectivity index (χ0n) is 11.6. The van der Waals surface area contributed by atoms with Gasteiger partial charge in [-0.3, -0.25) is 9.59 Å². The lowest BCUT2D eigenvalue weighted by Gasteiger charge is -2.31. The fourth-order valence-corrected chi connectivity index (χ4v) is 2.02. The summed E-state index contributed by atoms with van der Waals surface area (Å²) in [6.45, 7) is 5.17. The van der Waals surface area contributed by atoms with Crippen molar-refractivity contribution in [2.75, 3.05) is 13.1 Å². The molecule has 0 aliphatic carbocycles. The molecule has 1 aliphatic heterocycles. The van der Waals surface area contributed by atoms with Crippen molar-refractivity contribution >= 4 is 11.8 Å². The van der Waals surface area contributed by atoms with Crippen molar-refractivity contribution in [3.8, 4) is 6.07 Å². The Morgan fingerprint density at radius 1 is 1.42 bits per heavy atom. The molecule has 0 aromatic rings. The average molecular weight is 263 g/mol. The molecule has 2 amide bonds. The normalized spacial score (nSPS) is 16.9. The zero-order chi connectivity index (χ0) is 14.3. The third-order valence-electron chi connectivity index (χ3n) is 3.36. The molecule has 0 radical (unpaired) electrons. The molecule has 1 saturated heterocycles. The van der Waals surface area contributed by atoms with Gasteiger partial charge in [-0.2, -0.15) is 5.26 Å². The van der Waals surface area contributed by atoms with Gasteiger partial charge in [0, 0.05) is 25.2 Å². The minimum Gasteiger partial charge on any atom is -0.350 e. The number of piperidine rings is 1. The van der Waals surface area contributed by atoms with Gasteiger partial charge in [0.05, 0.1) is 6.07 Å². The van der Waals surface area contributed by atoms with Gasteiger partial charge < -0.3 is 10.2 Å². The minimum atomic E-state index is -0.117. The maximum absolute atomic E-state index is 11.7. The monoisotopic (exact) mass is 263 g/mol. The van der Waals surface area contributed by atoms with Crippen LogP contribution in [0.25, 0.3) is 0 Å². The highest BCUT2D eigenvalue weighted by molar-refractivity contribution is 5.88. The standard InChI is InChI=1S/C14H21N3O2/c1-3-11(2)10-13(18)16-12-5-8-17(9-6-12)14(19)4-7-15/h10,12H,3-6,8-9H2,1-2H3,(H,16,18)/b11-10+. The summed E-state index contributed by atoms with van der Waals surface area (Å²) in [5.74, 6) is -0.171. The first-order valence-corrected chi connectivity index (χ1v) is 6.69. The fourth-order valence-electron chi connectivity index (χ4n) is 2.02. The highest BCUT2D eigenvalue weighted by atomic mass is 16.2. The lowest BCUT2D eigenvalue weighted by Crippen LogP contribution is -2.46. The predicted octanol–water partition coefficient (Wildman–Crippen LogP) is 1.36. The predicted molar refractivity (Wildman–Crippen MR) is 72.0 cm³/mol. The van der Waals surface area contributed by atoms with Crippen molar-refractivity contribution in [1.82, 2.24) is 10.2 Å². The zero-order valence-corrected chi connectivity index (χ0v) is 11.6. The number of nitrogens with zero attached hydrogens (tertiary/aromatic N) is 2. The van der Waals surface area contributed by atoms with E-state index in [9.17, 15) is 9.59 Å². The van der Waals surface area contributed by atoms with Gasteiger partial charge in [0.15, 0.2) is 0 Å². The van der Waals surface area contributed by atoms with E-state index in [-0.39, 0.29) is 24.3 Å². The molecule has 1 rings (SSSR count). The van der Waals surface area contributed by atoms with E-state index in [2.05, 4.69) is 5.32 Å². The Kier molecular flexibility index (Phi) is 6.07. The van der Waals surface area contributed by atoms with E-state index >= 15 is 0 Å². The number of carbonyl (C=O) groups is 2. The maximum atomic E-state index is 11.7. The molecule has 1 N–H and O–H groups in total. The Morgan fingerprint density at radius 3 is 2.58 bits per heavy atom. The third-order valence-corrected chi connectivity index (χ3v) is 3.36. The van der Waals surface area contributed by atoms with Gasteiger partial charge in [-0.15, -0.1) is 0 Å². The summed E-state index contributed by atoms with van der Waals surface area (Å²) in [7, 11) is 0. The largest absolute Gasteiger partial charge is 0.350 e. The van der Waals surface area contributed by atoms with Gasteiger partial charge in [0.2, 0.25) is 11.8 Å². The molecule has 0 bridgehead atoms. The van der Waals surface area contributed by atoms with Crippen LogP contribution in [0.15, 0.2) is 11.6 Å². The molecule has 1 fully saturated rings. The molecule has 1 aliphatic rings. The number of allylic oxidation sites excluding steroid dienone is 1. The SMILES string of the molecule is CC/C(C)=C/C(=O)NC1CCN(C(=O)CC#N)CC1. The summed E-state index contributed by atoms with van der Waals surface area (Å²) >= 11 is 0. The first kappa shape index (κ1) is 15.2. The number of carbonyl (C=O) groups excluding carboxylic acids is 2. The van der Waals surface area contributed by atoms with E-state index < -0.39 is 0 Å². The molecule has 5 heteroatoms. The summed E-state index contributed by atoms with van der Waals surface area (Å²) in [6.07, 6.45) is 3.95. The van der Waals surface area contributed by atoms with Crippen LogP contribution in [-0.2, 0) is 9.59 Å². The summed E-state index contributed by atoms with van der Waals surface area (Å²) in [5, 5.41) is 11.4. The van der Waals surface area contributed by atoms with Gasteiger partial charge >= 0.3 is 0 Å². The number of rotatable bonds is 4. The average Bonchev–Trinajstić information content (AvgIpc) is 2.39. The molecular weight excluding hydrogens is 242 g/mol. The topological polar surface area (TPSA) is 73.2 Å². The van der Waals surface area contributed by atoms with E-state index in [0.717, 1.165) is 24.8 Å². The molecule has 19 heavy (non-hydrogen) atoms. The van der Waals surface area contributed by atoms with Gasteiger partial charge in [0.1, 0.15) is 6.42 Å². The summed E-state index contributed by atoms with van der Waals surface area (Å²) < 4.78 is 0. The van der Waals surface area contributed by atoms with Crippen LogP contribution in [0.5, 0.6) is 0 Å². The van der Waals surface area contributed by atoms with Crippen LogP contribution in [0, 0.1) is 11.3 Å². The summed E-state index contributed by atoms with van der Waals surface area (Å²) in [5.41, 5.74) is 1.05. The molecule has 5 nitrogen and oxygen atoms in total. The second kappa shape index (κ2) is 7.57. The van der Waals surface area contributed by atoms with Crippen LogP contribution in [-0.4, -0.2) is 35.8 Å². The highest BCUT2D eigenvalue weighted by Gasteiger charge is 2.23. The molecule has 1 heterocycles. The molecule has 0 aromatic heterocycles. The van der Waals surface area contributed by atoms with Crippen LogP contribution in [0.3, 0.4) is 0 Å². The van der Waals surface area contributed by atoms with Crippen LogP contribution in [0.4, 0.5) is 0 Å². The molecule has 104 valence electrons. The van der Waals surface area contributed by atoms with Crippen molar-refractivity contribution in [2.45, 2.75) is 45.6 Å². The number of amides is 2. The lowest BCUT2D eigenvalue weighted by molar-refractivity contribution is -0.131. The van der Waals surface area contributed by atoms with E-state index in [1.54, 1.807) is 11.0 Å². The Hall–Kier alpha value is -1.83.